The Morgan fingerprint density at radius 3 is 3.12 bits per heavy atom. The van der Waals surface area contributed by atoms with Gasteiger partial charge in [0.2, 0.25) is 5.91 Å². The number of nitrogens with zero attached hydrogens (tertiary/aromatic N) is 1. The highest BCUT2D eigenvalue weighted by Crippen LogP contribution is 2.23. The minimum Gasteiger partial charge on any atom is -0.491 e. The summed E-state index contributed by atoms with van der Waals surface area (Å²) in [6.07, 6.45) is 0. The van der Waals surface area contributed by atoms with Gasteiger partial charge in [0, 0.05) is 12.1 Å². The van der Waals surface area contributed by atoms with E-state index in [0.29, 0.717) is 19.7 Å². The van der Waals surface area contributed by atoms with Crippen LogP contribution in [0.2, 0.25) is 0 Å². The normalized spacial score (nSPS) is 15.0. The molecule has 1 aromatic carbocycles. The van der Waals surface area contributed by atoms with Gasteiger partial charge in [-0.3, -0.25) is 4.79 Å². The molecule has 0 saturated heterocycles. The Labute approximate surface area is 95.0 Å². The highest BCUT2D eigenvalue weighted by atomic mass is 16.5. The zero-order valence-electron chi connectivity index (χ0n) is 9.40. The molecule has 1 aromatic rings. The zero-order valence-corrected chi connectivity index (χ0v) is 9.40. The quantitative estimate of drug-likeness (QED) is 0.757. The molecule has 0 saturated carbocycles. The van der Waals surface area contributed by atoms with Gasteiger partial charge < -0.3 is 15.4 Å². The lowest BCUT2D eigenvalue weighted by atomic mass is 10.1. The fourth-order valence-corrected chi connectivity index (χ4v) is 1.87. The second-order valence-electron chi connectivity index (χ2n) is 3.98. The molecule has 86 valence electrons. The molecule has 0 fully saturated rings. The van der Waals surface area contributed by atoms with Crippen molar-refractivity contribution in [2.24, 2.45) is 5.73 Å². The topological polar surface area (TPSA) is 55.6 Å². The number of hydrogen-bond donors (Lipinski definition) is 1. The molecule has 0 aliphatic carbocycles. The maximum atomic E-state index is 11.6. The van der Waals surface area contributed by atoms with Crippen LogP contribution in [0.3, 0.4) is 0 Å². The molecule has 0 unspecified atom stereocenters. The average Bonchev–Trinajstić information content (AvgIpc) is 2.49. The van der Waals surface area contributed by atoms with E-state index in [4.69, 9.17) is 10.5 Å². The molecule has 0 radical (unpaired) electrons. The summed E-state index contributed by atoms with van der Waals surface area (Å²) in [5.74, 6) is 0.843. The molecule has 4 nitrogen and oxygen atoms in total. The summed E-state index contributed by atoms with van der Waals surface area (Å²) in [7, 11) is 0. The van der Waals surface area contributed by atoms with Gasteiger partial charge in [-0.25, -0.2) is 0 Å². The predicted octanol–water partition coefficient (Wildman–Crippen LogP) is 0.675. The maximum Gasteiger partial charge on any atom is 0.236 e. The van der Waals surface area contributed by atoms with Crippen molar-refractivity contribution in [1.29, 1.82) is 0 Å². The van der Waals surface area contributed by atoms with Crippen molar-refractivity contribution in [3.63, 3.8) is 0 Å². The van der Waals surface area contributed by atoms with Crippen LogP contribution in [0.4, 0.5) is 0 Å². The number of carbonyl (C=O) groups excluding carboxylic acids is 1. The Hall–Kier alpha value is -1.55. The first kappa shape index (κ1) is 11.0. The van der Waals surface area contributed by atoms with E-state index in [-0.39, 0.29) is 12.5 Å². The molecule has 0 spiro atoms. The van der Waals surface area contributed by atoms with Crippen LogP contribution >= 0.6 is 0 Å². The SMILES string of the molecule is Cc1ccc2c(c1)CN(C(=O)CN)CCO2. The Balaban J connectivity index is 2.25. The first-order valence-corrected chi connectivity index (χ1v) is 5.41. The number of fused-ring (bicyclic) bond motifs is 1. The van der Waals surface area contributed by atoms with Crippen molar-refractivity contribution in [3.05, 3.63) is 29.3 Å². The minimum atomic E-state index is -0.0297. The number of benzene rings is 1. The molecule has 1 aliphatic heterocycles. The van der Waals surface area contributed by atoms with Crippen LogP contribution in [0.1, 0.15) is 11.1 Å². The highest BCUT2D eigenvalue weighted by Gasteiger charge is 2.18. The lowest BCUT2D eigenvalue weighted by Crippen LogP contribution is -2.36. The summed E-state index contributed by atoms with van der Waals surface area (Å²) in [5.41, 5.74) is 7.60. The number of amides is 1. The molecule has 0 aromatic heterocycles. The first-order valence-electron chi connectivity index (χ1n) is 5.41. The van der Waals surface area contributed by atoms with E-state index in [2.05, 4.69) is 6.07 Å². The van der Waals surface area contributed by atoms with Gasteiger partial charge in [0.15, 0.2) is 0 Å². The third kappa shape index (κ3) is 2.17. The zero-order chi connectivity index (χ0) is 11.5. The summed E-state index contributed by atoms with van der Waals surface area (Å²) >= 11 is 0. The molecule has 1 aliphatic rings. The van der Waals surface area contributed by atoms with Gasteiger partial charge in [-0.05, 0) is 13.0 Å². The number of carbonyl (C=O) groups is 1. The number of aryl methyl sites for hydroxylation is 1. The standard InChI is InChI=1S/C12H16N2O2/c1-9-2-3-11-10(6-9)8-14(4-5-16-11)12(15)7-13/h2-3,6H,4-5,7-8,13H2,1H3. The van der Waals surface area contributed by atoms with Gasteiger partial charge in [-0.15, -0.1) is 0 Å². The molecule has 4 heteroatoms. The third-order valence-electron chi connectivity index (χ3n) is 2.72. The van der Waals surface area contributed by atoms with Crippen LogP contribution in [0.15, 0.2) is 18.2 Å². The van der Waals surface area contributed by atoms with E-state index in [9.17, 15) is 4.79 Å². The number of nitrogens with two attached hydrogens (primary N) is 1. The van der Waals surface area contributed by atoms with E-state index in [1.54, 1.807) is 4.90 Å². The number of ether oxygens (including phenoxy) is 1. The largest absolute Gasteiger partial charge is 0.491 e. The van der Waals surface area contributed by atoms with Crippen molar-refractivity contribution >= 4 is 5.91 Å². The van der Waals surface area contributed by atoms with Crippen molar-refractivity contribution < 1.29 is 9.53 Å². The highest BCUT2D eigenvalue weighted by molar-refractivity contribution is 5.78. The van der Waals surface area contributed by atoms with Crippen LogP contribution in [-0.2, 0) is 11.3 Å². The predicted molar refractivity (Wildman–Crippen MR) is 61.1 cm³/mol. The monoisotopic (exact) mass is 220 g/mol. The second-order valence-corrected chi connectivity index (χ2v) is 3.98. The van der Waals surface area contributed by atoms with Gasteiger partial charge in [-0.1, -0.05) is 17.7 Å². The van der Waals surface area contributed by atoms with Crippen LogP contribution in [-0.4, -0.2) is 30.5 Å². The van der Waals surface area contributed by atoms with Gasteiger partial charge in [-0.2, -0.15) is 0 Å². The van der Waals surface area contributed by atoms with Crippen LogP contribution in [0.25, 0.3) is 0 Å². The Kier molecular flexibility index (Phi) is 3.10. The van der Waals surface area contributed by atoms with E-state index >= 15 is 0 Å². The van der Waals surface area contributed by atoms with E-state index in [0.717, 1.165) is 11.3 Å². The lowest BCUT2D eigenvalue weighted by molar-refractivity contribution is -0.130. The van der Waals surface area contributed by atoms with Gasteiger partial charge in [0.1, 0.15) is 12.4 Å². The summed E-state index contributed by atoms with van der Waals surface area (Å²) in [6, 6.07) is 6.03. The molecule has 16 heavy (non-hydrogen) atoms. The van der Waals surface area contributed by atoms with Crippen molar-refractivity contribution in [1.82, 2.24) is 4.90 Å². The fourth-order valence-electron chi connectivity index (χ4n) is 1.87. The Morgan fingerprint density at radius 2 is 2.38 bits per heavy atom. The van der Waals surface area contributed by atoms with Gasteiger partial charge in [0.25, 0.3) is 0 Å². The Morgan fingerprint density at radius 1 is 1.56 bits per heavy atom. The fraction of sp³-hybridized carbons (Fsp3) is 0.417. The second kappa shape index (κ2) is 4.53. The Bertz CT molecular complexity index is 404. The number of hydrogen-bond acceptors (Lipinski definition) is 3. The maximum absolute atomic E-state index is 11.6. The van der Waals surface area contributed by atoms with Crippen molar-refractivity contribution in [2.75, 3.05) is 19.7 Å². The minimum absolute atomic E-state index is 0.0297. The third-order valence-corrected chi connectivity index (χ3v) is 2.72. The molecule has 0 atom stereocenters. The summed E-state index contributed by atoms with van der Waals surface area (Å²) in [5, 5.41) is 0. The van der Waals surface area contributed by atoms with Crippen LogP contribution in [0, 0.1) is 6.92 Å². The molecular formula is C12H16N2O2. The summed E-state index contributed by atoms with van der Waals surface area (Å²) in [6.45, 7) is 3.81. The molecule has 0 bridgehead atoms. The van der Waals surface area contributed by atoms with Crippen molar-refractivity contribution in [3.8, 4) is 5.75 Å². The van der Waals surface area contributed by atoms with Gasteiger partial charge in [0.05, 0.1) is 13.1 Å². The summed E-state index contributed by atoms with van der Waals surface area (Å²) in [4.78, 5) is 13.3. The van der Waals surface area contributed by atoms with E-state index < -0.39 is 0 Å². The summed E-state index contributed by atoms with van der Waals surface area (Å²) < 4.78 is 5.59. The smallest absolute Gasteiger partial charge is 0.236 e. The average molecular weight is 220 g/mol. The first-order chi connectivity index (χ1) is 7.70. The van der Waals surface area contributed by atoms with E-state index in [1.807, 2.05) is 19.1 Å². The van der Waals surface area contributed by atoms with E-state index in [1.165, 1.54) is 5.56 Å². The van der Waals surface area contributed by atoms with Gasteiger partial charge >= 0.3 is 0 Å². The van der Waals surface area contributed by atoms with Crippen LogP contribution in [0.5, 0.6) is 5.75 Å². The lowest BCUT2D eigenvalue weighted by Gasteiger charge is -2.18. The molecular weight excluding hydrogens is 204 g/mol. The molecule has 2 N–H and O–H groups in total. The molecule has 1 amide bonds. The van der Waals surface area contributed by atoms with Crippen molar-refractivity contribution in [2.45, 2.75) is 13.5 Å². The molecule has 2 rings (SSSR count). The molecule has 1 heterocycles. The van der Waals surface area contributed by atoms with Crippen LogP contribution < -0.4 is 10.5 Å². The number of rotatable bonds is 1.